The van der Waals surface area contributed by atoms with E-state index in [0.717, 1.165) is 10.8 Å². The standard InChI is InChI=1S/C18H23N5O5/c1-3-10(4-2)17(26)27-15-14(25)12(7-24)28-18(15,8-19)13-6-5-11-16(20)21-9-22-23(11)13/h5-6,9-10,12,14-15,24-25H,3-4,7H2,1-2H3,(H2,20,21,22)/t12-,14-,15-,18+/m1/s1/i5D,7D2. The number of aromatic nitrogens is 3. The highest BCUT2D eigenvalue weighted by molar-refractivity contribution is 5.72. The molecule has 2 aromatic heterocycles. The van der Waals surface area contributed by atoms with E-state index in [2.05, 4.69) is 10.1 Å². The summed E-state index contributed by atoms with van der Waals surface area (Å²) < 4.78 is 35.5. The van der Waals surface area contributed by atoms with Crippen LogP contribution in [0, 0.1) is 22.7 Å². The highest BCUT2D eigenvalue weighted by Crippen LogP contribution is 2.42. The second-order valence-corrected chi connectivity index (χ2v) is 6.47. The van der Waals surface area contributed by atoms with E-state index < -0.39 is 42.4 Å². The first kappa shape index (κ1) is 16.2. The number of carbonyl (C=O) groups is 1. The fourth-order valence-corrected chi connectivity index (χ4v) is 3.37. The van der Waals surface area contributed by atoms with Gasteiger partial charge < -0.3 is 19.7 Å². The monoisotopic (exact) mass is 392 g/mol. The van der Waals surface area contributed by atoms with E-state index in [1.807, 2.05) is 6.07 Å². The van der Waals surface area contributed by atoms with Crippen molar-refractivity contribution < 1.29 is 28.6 Å². The zero-order valence-electron chi connectivity index (χ0n) is 18.3. The first-order valence-electron chi connectivity index (χ1n) is 10.3. The molecule has 2 aromatic rings. The Kier molecular flexibility index (Phi) is 4.47. The molecule has 1 saturated heterocycles. The molecule has 0 aromatic carbocycles. The van der Waals surface area contributed by atoms with Crippen molar-refractivity contribution in [3.63, 3.8) is 0 Å². The summed E-state index contributed by atoms with van der Waals surface area (Å²) in [5, 5.41) is 41.3. The molecule has 0 bridgehead atoms. The molecular formula is C18H23N5O5. The SMILES string of the molecule is [2H]c1cc([C@]2(C#N)O[C@H](C([2H])([2H])O)[C@@H](O)[C@H]2OC(=O)C(CC)CC)n2[nH]cnc(=N)c12. The molecule has 0 spiro atoms. The lowest BCUT2D eigenvalue weighted by Gasteiger charge is -2.29. The maximum absolute atomic E-state index is 12.7. The van der Waals surface area contributed by atoms with Gasteiger partial charge in [0.15, 0.2) is 11.6 Å². The molecule has 1 aliphatic heterocycles. The van der Waals surface area contributed by atoms with Crippen molar-refractivity contribution in [1.82, 2.24) is 14.6 Å². The highest BCUT2D eigenvalue weighted by atomic mass is 16.6. The number of aliphatic hydroxyl groups excluding tert-OH is 1. The number of nitrogens with one attached hydrogen (secondary N) is 2. The molecule has 3 rings (SSSR count). The van der Waals surface area contributed by atoms with Crippen molar-refractivity contribution in [1.29, 1.82) is 10.7 Å². The Balaban J connectivity index is 2.22. The predicted octanol–water partition coefficient (Wildman–Crippen LogP) is -0.0393. The fraction of sp³-hybridized carbons (Fsp3) is 0.556. The zero-order valence-corrected chi connectivity index (χ0v) is 15.3. The quantitative estimate of drug-likeness (QED) is 0.502. The number of hydrogen-bond acceptors (Lipinski definition) is 8. The summed E-state index contributed by atoms with van der Waals surface area (Å²) in [5.74, 6) is -1.24. The van der Waals surface area contributed by atoms with Crippen LogP contribution in [0.1, 0.15) is 36.5 Å². The Labute approximate surface area is 165 Å². The molecule has 1 aliphatic rings. The van der Waals surface area contributed by atoms with Gasteiger partial charge in [0.05, 0.1) is 22.3 Å². The first-order valence-corrected chi connectivity index (χ1v) is 8.82. The van der Waals surface area contributed by atoms with E-state index in [1.165, 1.54) is 6.07 Å². The normalized spacial score (nSPS) is 29.3. The van der Waals surface area contributed by atoms with Crippen molar-refractivity contribution >= 4 is 11.5 Å². The molecule has 0 aliphatic carbocycles. The van der Waals surface area contributed by atoms with Crippen LogP contribution in [0.2, 0.25) is 0 Å². The summed E-state index contributed by atoms with van der Waals surface area (Å²) in [7, 11) is 0. The summed E-state index contributed by atoms with van der Waals surface area (Å²) in [6, 6.07) is 2.82. The minimum absolute atomic E-state index is 0.00857. The molecule has 0 radical (unpaired) electrons. The van der Waals surface area contributed by atoms with Crippen LogP contribution in [-0.4, -0.2) is 55.7 Å². The van der Waals surface area contributed by atoms with Crippen molar-refractivity contribution in [3.8, 4) is 6.07 Å². The van der Waals surface area contributed by atoms with Crippen molar-refractivity contribution in [2.24, 2.45) is 5.92 Å². The lowest BCUT2D eigenvalue weighted by Crippen LogP contribution is -2.45. The molecular weight excluding hydrogens is 366 g/mol. The third kappa shape index (κ3) is 2.97. The first-order chi connectivity index (χ1) is 14.5. The average molecular weight is 392 g/mol. The largest absolute Gasteiger partial charge is 0.455 e. The van der Waals surface area contributed by atoms with Gasteiger partial charge in [-0.05, 0) is 25.0 Å². The van der Waals surface area contributed by atoms with Crippen LogP contribution >= 0.6 is 0 Å². The maximum Gasteiger partial charge on any atom is 0.309 e. The number of rotatable bonds is 6. The van der Waals surface area contributed by atoms with Gasteiger partial charge in [0.25, 0.3) is 0 Å². The van der Waals surface area contributed by atoms with Crippen LogP contribution in [0.15, 0.2) is 18.4 Å². The fourth-order valence-electron chi connectivity index (χ4n) is 3.37. The van der Waals surface area contributed by atoms with E-state index in [4.69, 9.17) is 19.0 Å². The van der Waals surface area contributed by atoms with E-state index in [-0.39, 0.29) is 22.7 Å². The van der Waals surface area contributed by atoms with Crippen LogP contribution in [0.5, 0.6) is 0 Å². The number of H-pyrrole nitrogens is 1. The second-order valence-electron chi connectivity index (χ2n) is 6.47. The topological polar surface area (TPSA) is 157 Å². The van der Waals surface area contributed by atoms with Crippen LogP contribution in [-0.2, 0) is 19.9 Å². The van der Waals surface area contributed by atoms with Gasteiger partial charge in [-0.25, -0.2) is 4.98 Å². The summed E-state index contributed by atoms with van der Waals surface area (Å²) in [6.45, 7) is 0.475. The second kappa shape index (κ2) is 7.71. The van der Waals surface area contributed by atoms with E-state index in [9.17, 15) is 20.3 Å². The number of aliphatic hydroxyl groups is 2. The Morgan fingerprint density at radius 3 is 3.00 bits per heavy atom. The number of carbonyl (C=O) groups excluding carboxylic acids is 1. The molecule has 28 heavy (non-hydrogen) atoms. The lowest BCUT2D eigenvalue weighted by molar-refractivity contribution is -0.165. The Morgan fingerprint density at radius 2 is 2.39 bits per heavy atom. The molecule has 3 heterocycles. The number of aromatic amines is 1. The molecule has 1 fully saturated rings. The van der Waals surface area contributed by atoms with E-state index in [0.29, 0.717) is 12.8 Å². The molecule has 0 saturated carbocycles. The number of hydrogen-bond donors (Lipinski definition) is 4. The Bertz CT molecular complexity index is 1090. The smallest absolute Gasteiger partial charge is 0.309 e. The number of ether oxygens (including phenoxy) is 2. The maximum atomic E-state index is 12.7. The minimum Gasteiger partial charge on any atom is -0.455 e. The zero-order chi connectivity index (χ0) is 23.1. The summed E-state index contributed by atoms with van der Waals surface area (Å²) in [4.78, 5) is 16.4. The summed E-state index contributed by atoms with van der Waals surface area (Å²) >= 11 is 0. The predicted molar refractivity (Wildman–Crippen MR) is 94.6 cm³/mol. The van der Waals surface area contributed by atoms with Gasteiger partial charge in [-0.2, -0.15) is 5.26 Å². The van der Waals surface area contributed by atoms with Crippen LogP contribution in [0.25, 0.3) is 5.52 Å². The van der Waals surface area contributed by atoms with Gasteiger partial charge in [0.2, 0.25) is 5.60 Å². The van der Waals surface area contributed by atoms with E-state index >= 15 is 0 Å². The summed E-state index contributed by atoms with van der Waals surface area (Å²) in [5.41, 5.74) is -2.68. The third-order valence-corrected chi connectivity index (χ3v) is 4.98. The molecule has 0 amide bonds. The average Bonchev–Trinajstić information content (AvgIpc) is 3.19. The molecule has 10 nitrogen and oxygen atoms in total. The van der Waals surface area contributed by atoms with E-state index in [1.54, 1.807) is 13.8 Å². The molecule has 4 atom stereocenters. The molecule has 10 heteroatoms. The van der Waals surface area contributed by atoms with Crippen molar-refractivity contribution in [2.45, 2.75) is 50.6 Å². The lowest BCUT2D eigenvalue weighted by atomic mass is 9.92. The van der Waals surface area contributed by atoms with Gasteiger partial charge in [-0.3, -0.25) is 19.8 Å². The van der Waals surface area contributed by atoms with Crippen LogP contribution in [0.4, 0.5) is 0 Å². The van der Waals surface area contributed by atoms with Gasteiger partial charge in [0, 0.05) is 0 Å². The third-order valence-electron chi connectivity index (χ3n) is 4.98. The summed E-state index contributed by atoms with van der Waals surface area (Å²) in [6.07, 6.45) is -3.52. The van der Waals surface area contributed by atoms with Crippen molar-refractivity contribution in [3.05, 3.63) is 29.6 Å². The van der Waals surface area contributed by atoms with Gasteiger partial charge in [-0.1, -0.05) is 13.8 Å². The Hall–Kier alpha value is -2.74. The molecule has 4 N–H and O–H groups in total. The van der Waals surface area contributed by atoms with Gasteiger partial charge in [0.1, 0.15) is 30.1 Å². The molecule has 0 unspecified atom stereocenters. The Morgan fingerprint density at radius 1 is 1.68 bits per heavy atom. The number of esters is 1. The van der Waals surface area contributed by atoms with Crippen LogP contribution in [0.3, 0.4) is 0 Å². The van der Waals surface area contributed by atoms with Gasteiger partial charge in [-0.15, -0.1) is 0 Å². The molecule has 150 valence electrons. The van der Waals surface area contributed by atoms with Gasteiger partial charge >= 0.3 is 5.97 Å². The van der Waals surface area contributed by atoms with Crippen molar-refractivity contribution in [2.75, 3.05) is 6.56 Å². The number of fused-ring (bicyclic) bond motifs is 1. The minimum atomic E-state index is -3.07. The van der Waals surface area contributed by atoms with Crippen LogP contribution < -0.4 is 5.49 Å². The highest BCUT2D eigenvalue weighted by Gasteiger charge is 2.60. The number of nitriles is 1. The number of nitrogens with zero attached hydrogens (tertiary/aromatic N) is 3.